The summed E-state index contributed by atoms with van der Waals surface area (Å²) in [5, 5.41) is 17.5. The van der Waals surface area contributed by atoms with Gasteiger partial charge in [-0.25, -0.2) is 4.98 Å². The van der Waals surface area contributed by atoms with E-state index >= 15 is 0 Å². The van der Waals surface area contributed by atoms with Crippen LogP contribution in [0.4, 0.5) is 5.69 Å². The molecule has 1 heterocycles. The van der Waals surface area contributed by atoms with Crippen LogP contribution in [-0.2, 0) is 6.61 Å². The van der Waals surface area contributed by atoms with E-state index in [2.05, 4.69) is 21.0 Å². The molecule has 0 N–H and O–H groups in total. The third kappa shape index (κ3) is 5.63. The van der Waals surface area contributed by atoms with Crippen LogP contribution in [0.1, 0.15) is 55.0 Å². The number of aromatic nitrogens is 2. The Labute approximate surface area is 232 Å². The minimum atomic E-state index is -0.503. The molecular weight excluding hydrogens is 572 g/mol. The Balaban J connectivity index is 1.59. The fourth-order valence-corrected chi connectivity index (χ4v) is 5.31. The highest BCUT2D eigenvalue weighted by Crippen LogP contribution is 2.35. The number of fused-ring (bicyclic) bond motifs is 1. The number of nitrogens with zero attached hydrogens (tertiary/aromatic N) is 4. The van der Waals surface area contributed by atoms with Crippen molar-refractivity contribution in [1.82, 2.24) is 9.66 Å². The minimum absolute atomic E-state index is 0.0536. The lowest BCUT2D eigenvalue weighted by Crippen LogP contribution is -2.25. The Morgan fingerprint density at radius 1 is 1.13 bits per heavy atom. The Bertz CT molecular complexity index is 1580. The van der Waals surface area contributed by atoms with Crippen LogP contribution in [0.3, 0.4) is 0 Å². The van der Waals surface area contributed by atoms with Gasteiger partial charge in [-0.05, 0) is 48.7 Å². The Morgan fingerprint density at radius 2 is 1.87 bits per heavy atom. The summed E-state index contributed by atoms with van der Waals surface area (Å²) in [6.07, 6.45) is 6.58. The molecule has 38 heavy (non-hydrogen) atoms. The summed E-state index contributed by atoms with van der Waals surface area (Å²) >= 11 is 9.32. The first-order valence-corrected chi connectivity index (χ1v) is 13.5. The Hall–Kier alpha value is -3.56. The van der Waals surface area contributed by atoms with Crippen molar-refractivity contribution in [3.8, 4) is 5.75 Å². The van der Waals surface area contributed by atoms with Gasteiger partial charge in [-0.1, -0.05) is 71.1 Å². The molecule has 0 atom stereocenters. The molecule has 1 saturated carbocycles. The van der Waals surface area contributed by atoms with Gasteiger partial charge in [-0.3, -0.25) is 14.9 Å². The fraction of sp³-hybridized carbons (Fsp3) is 0.250. The lowest BCUT2D eigenvalue weighted by Gasteiger charge is -2.22. The number of hydrogen-bond acceptors (Lipinski definition) is 6. The van der Waals surface area contributed by atoms with Crippen molar-refractivity contribution in [2.45, 2.75) is 44.6 Å². The molecule has 3 aromatic carbocycles. The first kappa shape index (κ1) is 26.1. The van der Waals surface area contributed by atoms with Crippen LogP contribution < -0.4 is 10.3 Å². The van der Waals surface area contributed by atoms with Gasteiger partial charge < -0.3 is 4.74 Å². The maximum absolute atomic E-state index is 13.5. The predicted octanol–water partition coefficient (Wildman–Crippen LogP) is 7.23. The molecule has 1 aliphatic carbocycles. The van der Waals surface area contributed by atoms with Crippen LogP contribution in [0, 0.1) is 10.1 Å². The van der Waals surface area contributed by atoms with Crippen LogP contribution in [0.2, 0.25) is 5.02 Å². The summed E-state index contributed by atoms with van der Waals surface area (Å²) in [7, 11) is 0. The van der Waals surface area contributed by atoms with Crippen molar-refractivity contribution in [2.75, 3.05) is 0 Å². The third-order valence-electron chi connectivity index (χ3n) is 6.62. The van der Waals surface area contributed by atoms with Gasteiger partial charge in [0.05, 0.1) is 22.0 Å². The molecule has 0 spiro atoms. The molecule has 0 unspecified atom stereocenters. The maximum Gasteiger partial charge on any atom is 0.312 e. The van der Waals surface area contributed by atoms with Gasteiger partial charge in [0.25, 0.3) is 5.56 Å². The molecule has 0 radical (unpaired) electrons. The molecule has 4 aromatic rings. The maximum atomic E-state index is 13.5. The number of benzene rings is 3. The molecule has 0 saturated heterocycles. The van der Waals surface area contributed by atoms with Crippen molar-refractivity contribution in [3.05, 3.63) is 108 Å². The minimum Gasteiger partial charge on any atom is -0.481 e. The summed E-state index contributed by atoms with van der Waals surface area (Å²) in [4.78, 5) is 29.8. The number of rotatable bonds is 7. The molecule has 0 aliphatic heterocycles. The SMILES string of the molecule is O=c1c2ccccc2nc(C2CCCCC2)n1N=Cc1cc(Br)cc([N+](=O)[O-])c1OCc1ccc(Cl)cc1. The average molecular weight is 596 g/mol. The van der Waals surface area contributed by atoms with E-state index in [1.807, 2.05) is 12.1 Å². The lowest BCUT2D eigenvalue weighted by atomic mass is 9.88. The topological polar surface area (TPSA) is 99.6 Å². The van der Waals surface area contributed by atoms with Gasteiger partial charge in [-0.2, -0.15) is 9.78 Å². The van der Waals surface area contributed by atoms with Crippen LogP contribution >= 0.6 is 27.5 Å². The number of halogens is 2. The van der Waals surface area contributed by atoms with Crippen molar-refractivity contribution in [3.63, 3.8) is 0 Å². The van der Waals surface area contributed by atoms with E-state index in [-0.39, 0.29) is 29.5 Å². The van der Waals surface area contributed by atoms with E-state index in [0.29, 0.717) is 31.8 Å². The zero-order valence-corrected chi connectivity index (χ0v) is 22.7. The van der Waals surface area contributed by atoms with Crippen LogP contribution in [-0.4, -0.2) is 20.8 Å². The van der Waals surface area contributed by atoms with Gasteiger partial charge in [-0.15, -0.1) is 0 Å². The smallest absolute Gasteiger partial charge is 0.312 e. The highest BCUT2D eigenvalue weighted by Gasteiger charge is 2.24. The fourth-order valence-electron chi connectivity index (χ4n) is 4.72. The van der Waals surface area contributed by atoms with Crippen LogP contribution in [0.5, 0.6) is 5.75 Å². The van der Waals surface area contributed by atoms with E-state index in [9.17, 15) is 14.9 Å². The van der Waals surface area contributed by atoms with Gasteiger partial charge in [0.15, 0.2) is 0 Å². The second-order valence-electron chi connectivity index (χ2n) is 9.20. The van der Waals surface area contributed by atoms with Gasteiger partial charge in [0.1, 0.15) is 12.4 Å². The van der Waals surface area contributed by atoms with Crippen molar-refractivity contribution in [1.29, 1.82) is 0 Å². The molecule has 0 bridgehead atoms. The normalized spacial score (nSPS) is 14.3. The number of nitro groups is 1. The van der Waals surface area contributed by atoms with Gasteiger partial charge >= 0.3 is 5.69 Å². The molecule has 5 rings (SSSR count). The van der Waals surface area contributed by atoms with Gasteiger partial charge in [0.2, 0.25) is 5.75 Å². The number of nitro benzene ring substituents is 1. The van der Waals surface area contributed by atoms with Crippen LogP contribution in [0.15, 0.2) is 75.0 Å². The van der Waals surface area contributed by atoms with E-state index in [0.717, 1.165) is 37.7 Å². The third-order valence-corrected chi connectivity index (χ3v) is 7.33. The quantitative estimate of drug-likeness (QED) is 0.127. The zero-order valence-electron chi connectivity index (χ0n) is 20.3. The molecule has 8 nitrogen and oxygen atoms in total. The van der Waals surface area contributed by atoms with Crippen LogP contribution in [0.25, 0.3) is 10.9 Å². The monoisotopic (exact) mass is 594 g/mol. The largest absolute Gasteiger partial charge is 0.481 e. The summed E-state index contributed by atoms with van der Waals surface area (Å²) in [5.41, 5.74) is 1.29. The second-order valence-corrected chi connectivity index (χ2v) is 10.6. The van der Waals surface area contributed by atoms with E-state index < -0.39 is 4.92 Å². The Morgan fingerprint density at radius 3 is 2.61 bits per heavy atom. The first-order chi connectivity index (χ1) is 18.4. The lowest BCUT2D eigenvalue weighted by molar-refractivity contribution is -0.386. The molecule has 1 aromatic heterocycles. The summed E-state index contributed by atoms with van der Waals surface area (Å²) in [5.74, 6) is 0.770. The number of ether oxygens (including phenoxy) is 1. The molecule has 0 amide bonds. The summed E-state index contributed by atoms with van der Waals surface area (Å²) < 4.78 is 7.77. The second kappa shape index (κ2) is 11.4. The van der Waals surface area contributed by atoms with E-state index in [4.69, 9.17) is 21.3 Å². The number of hydrogen-bond donors (Lipinski definition) is 0. The average Bonchev–Trinajstić information content (AvgIpc) is 2.93. The highest BCUT2D eigenvalue weighted by atomic mass is 79.9. The highest BCUT2D eigenvalue weighted by molar-refractivity contribution is 9.10. The number of para-hydroxylation sites is 1. The van der Waals surface area contributed by atoms with Crippen molar-refractivity contribution >= 4 is 50.3 Å². The van der Waals surface area contributed by atoms with Gasteiger partial charge in [0, 0.05) is 27.0 Å². The first-order valence-electron chi connectivity index (χ1n) is 12.3. The van der Waals surface area contributed by atoms with Crippen molar-refractivity contribution in [2.24, 2.45) is 5.10 Å². The molecule has 1 aliphatic rings. The molecule has 194 valence electrons. The standard InChI is InChI=1S/C28H24BrClN4O4/c29-21-14-20(26(25(15-21)34(36)37)38-17-18-10-12-22(30)13-11-18)16-31-33-27(19-6-2-1-3-7-19)32-24-9-5-4-8-23(24)28(33)35/h4-5,8-16,19H,1-3,6-7,17H2. The molecular formula is C28H24BrClN4O4. The van der Waals surface area contributed by atoms with E-state index in [1.165, 1.54) is 17.0 Å². The Kier molecular flexibility index (Phi) is 7.85. The summed E-state index contributed by atoms with van der Waals surface area (Å²) in [6, 6.07) is 17.3. The predicted molar refractivity (Wildman–Crippen MR) is 151 cm³/mol. The molecule has 1 fully saturated rings. The summed E-state index contributed by atoms with van der Waals surface area (Å²) in [6.45, 7) is 0.0886. The molecule has 10 heteroatoms. The van der Waals surface area contributed by atoms with Crippen molar-refractivity contribution < 1.29 is 9.66 Å². The van der Waals surface area contributed by atoms with E-state index in [1.54, 1.807) is 42.5 Å². The zero-order chi connectivity index (χ0) is 26.6.